The summed E-state index contributed by atoms with van der Waals surface area (Å²) in [5.74, 6) is 0. The lowest BCUT2D eigenvalue weighted by molar-refractivity contribution is 0.112. The monoisotopic (exact) mass is 219 g/mol. The van der Waals surface area contributed by atoms with Crippen LogP contribution in [0, 0.1) is 6.92 Å². The first-order chi connectivity index (χ1) is 7.72. The van der Waals surface area contributed by atoms with Gasteiger partial charge in [-0.15, -0.1) is 0 Å². The average Bonchev–Trinajstić information content (AvgIpc) is 3.12. The van der Waals surface area contributed by atoms with Crippen LogP contribution in [0.4, 0.5) is 0 Å². The van der Waals surface area contributed by atoms with Gasteiger partial charge in [-0.25, -0.2) is 0 Å². The third kappa shape index (κ3) is 2.33. The summed E-state index contributed by atoms with van der Waals surface area (Å²) in [7, 11) is 1.96. The summed E-state index contributed by atoms with van der Waals surface area (Å²) in [4.78, 5) is 10.9. The van der Waals surface area contributed by atoms with Gasteiger partial charge < -0.3 is 5.32 Å². The lowest BCUT2D eigenvalue weighted by Gasteiger charge is -2.16. The molecule has 0 unspecified atom stereocenters. The van der Waals surface area contributed by atoms with Crippen LogP contribution in [0.5, 0.6) is 0 Å². The van der Waals surface area contributed by atoms with Gasteiger partial charge in [-0.1, -0.05) is 31.5 Å². The van der Waals surface area contributed by atoms with Crippen LogP contribution >= 0.6 is 0 Å². The summed E-state index contributed by atoms with van der Waals surface area (Å²) < 4.78 is 0. The third-order valence-electron chi connectivity index (χ3n) is 3.08. The van der Waals surface area contributed by atoms with Crippen molar-refractivity contribution in [1.82, 2.24) is 5.32 Å². The molecule has 1 fully saturated rings. The first-order valence-corrected chi connectivity index (χ1v) is 5.97. The van der Waals surface area contributed by atoms with Crippen LogP contribution < -0.4 is 5.32 Å². The summed E-state index contributed by atoms with van der Waals surface area (Å²) in [6.07, 6.45) is 3.22. The summed E-state index contributed by atoms with van der Waals surface area (Å²) in [6, 6.07) is 6.10. The fraction of sp³-hybridized carbons (Fsp3) is 0.500. The van der Waals surface area contributed by atoms with Crippen LogP contribution in [0.3, 0.4) is 0 Å². The maximum Gasteiger partial charge on any atom is 0.150 e. The first kappa shape index (κ1) is 12.9. The van der Waals surface area contributed by atoms with Crippen molar-refractivity contribution in [2.45, 2.75) is 39.2 Å². The number of benzene rings is 1. The van der Waals surface area contributed by atoms with Crippen molar-refractivity contribution >= 4 is 6.29 Å². The van der Waals surface area contributed by atoms with E-state index in [9.17, 15) is 4.79 Å². The molecule has 0 amide bonds. The van der Waals surface area contributed by atoms with Gasteiger partial charge in [-0.2, -0.15) is 0 Å². The predicted octanol–water partition coefficient (Wildman–Crippen LogP) is 3.04. The highest BCUT2D eigenvalue weighted by atomic mass is 16.1. The zero-order chi connectivity index (χ0) is 12.2. The standard InChI is InChI=1S/C12H15NO.C2H6/c1-9-3-4-11(10(7-9)8-14)12(13-2)5-6-12;1-2/h3-4,7-8,13H,5-6H2,1-2H3;1-2H3. The molecule has 1 aromatic rings. The third-order valence-corrected chi connectivity index (χ3v) is 3.08. The van der Waals surface area contributed by atoms with Crippen molar-refractivity contribution in [2.75, 3.05) is 7.05 Å². The second-order valence-electron chi connectivity index (χ2n) is 4.04. The first-order valence-electron chi connectivity index (χ1n) is 5.97. The van der Waals surface area contributed by atoms with Crippen molar-refractivity contribution < 1.29 is 4.79 Å². The summed E-state index contributed by atoms with van der Waals surface area (Å²) in [5, 5.41) is 3.30. The fourth-order valence-corrected chi connectivity index (χ4v) is 1.99. The Morgan fingerprint density at radius 3 is 2.38 bits per heavy atom. The van der Waals surface area contributed by atoms with E-state index >= 15 is 0 Å². The Morgan fingerprint density at radius 1 is 1.31 bits per heavy atom. The van der Waals surface area contributed by atoms with Gasteiger partial charge in [0.15, 0.2) is 0 Å². The van der Waals surface area contributed by atoms with Crippen molar-refractivity contribution in [3.05, 3.63) is 34.9 Å². The number of nitrogens with one attached hydrogen (secondary N) is 1. The highest BCUT2D eigenvalue weighted by Crippen LogP contribution is 2.46. The SMILES string of the molecule is CC.CNC1(c2ccc(C)cc2C=O)CC1. The largest absolute Gasteiger partial charge is 0.310 e. The number of carbonyl (C=O) groups is 1. The topological polar surface area (TPSA) is 29.1 Å². The van der Waals surface area contributed by atoms with Gasteiger partial charge in [0.2, 0.25) is 0 Å². The Morgan fingerprint density at radius 2 is 1.94 bits per heavy atom. The Labute approximate surface area is 98.1 Å². The molecule has 1 aliphatic carbocycles. The molecular formula is C14H21NO. The van der Waals surface area contributed by atoms with Crippen LogP contribution in [0.2, 0.25) is 0 Å². The van der Waals surface area contributed by atoms with Gasteiger partial charge in [-0.05, 0) is 38.4 Å². The Bertz CT molecular complexity index is 367. The number of carbonyl (C=O) groups excluding carboxylic acids is 1. The van der Waals surface area contributed by atoms with E-state index in [2.05, 4.69) is 17.4 Å². The van der Waals surface area contributed by atoms with Gasteiger partial charge in [0.25, 0.3) is 0 Å². The van der Waals surface area contributed by atoms with E-state index in [-0.39, 0.29) is 5.54 Å². The van der Waals surface area contributed by atoms with Crippen LogP contribution in [0.25, 0.3) is 0 Å². The predicted molar refractivity (Wildman–Crippen MR) is 67.9 cm³/mol. The molecule has 0 aromatic heterocycles. The molecule has 0 spiro atoms. The van der Waals surface area contributed by atoms with Gasteiger partial charge in [0, 0.05) is 11.1 Å². The maximum absolute atomic E-state index is 10.9. The lowest BCUT2D eigenvalue weighted by Crippen LogP contribution is -2.25. The fourth-order valence-electron chi connectivity index (χ4n) is 1.99. The zero-order valence-corrected chi connectivity index (χ0v) is 10.6. The van der Waals surface area contributed by atoms with E-state index in [0.717, 1.165) is 35.8 Å². The molecule has 1 N–H and O–H groups in total. The quantitative estimate of drug-likeness (QED) is 0.792. The smallest absolute Gasteiger partial charge is 0.150 e. The molecule has 2 nitrogen and oxygen atoms in total. The molecule has 0 saturated heterocycles. The summed E-state index contributed by atoms with van der Waals surface area (Å²) in [6.45, 7) is 6.01. The minimum atomic E-state index is 0.0872. The van der Waals surface area contributed by atoms with E-state index in [1.54, 1.807) is 0 Å². The van der Waals surface area contributed by atoms with Crippen LogP contribution in [-0.2, 0) is 5.54 Å². The van der Waals surface area contributed by atoms with E-state index in [4.69, 9.17) is 0 Å². The molecule has 2 heteroatoms. The number of hydrogen-bond acceptors (Lipinski definition) is 2. The normalized spacial score (nSPS) is 16.0. The number of rotatable bonds is 3. The van der Waals surface area contributed by atoms with Gasteiger partial charge in [0.05, 0.1) is 0 Å². The van der Waals surface area contributed by atoms with Gasteiger partial charge >= 0.3 is 0 Å². The van der Waals surface area contributed by atoms with E-state index < -0.39 is 0 Å². The second kappa shape index (κ2) is 5.26. The molecule has 0 radical (unpaired) electrons. The van der Waals surface area contributed by atoms with Crippen molar-refractivity contribution in [3.63, 3.8) is 0 Å². The molecule has 1 aromatic carbocycles. The lowest BCUT2D eigenvalue weighted by atomic mass is 9.97. The minimum absolute atomic E-state index is 0.0872. The molecule has 88 valence electrons. The van der Waals surface area contributed by atoms with Crippen LogP contribution in [0.15, 0.2) is 18.2 Å². The summed E-state index contributed by atoms with van der Waals surface area (Å²) >= 11 is 0. The van der Waals surface area contributed by atoms with Crippen molar-refractivity contribution in [3.8, 4) is 0 Å². The van der Waals surface area contributed by atoms with E-state index in [1.807, 2.05) is 33.9 Å². The van der Waals surface area contributed by atoms with E-state index in [0.29, 0.717) is 0 Å². The number of aldehydes is 1. The van der Waals surface area contributed by atoms with Crippen molar-refractivity contribution in [1.29, 1.82) is 0 Å². The minimum Gasteiger partial charge on any atom is -0.310 e. The highest BCUT2D eigenvalue weighted by molar-refractivity contribution is 5.78. The molecule has 0 heterocycles. The Kier molecular flexibility index (Phi) is 4.25. The highest BCUT2D eigenvalue weighted by Gasteiger charge is 2.43. The molecule has 0 aliphatic heterocycles. The Hall–Kier alpha value is -1.15. The summed E-state index contributed by atoms with van der Waals surface area (Å²) in [5.41, 5.74) is 3.21. The van der Waals surface area contributed by atoms with Crippen molar-refractivity contribution in [2.24, 2.45) is 0 Å². The second-order valence-corrected chi connectivity index (χ2v) is 4.04. The molecule has 1 saturated carbocycles. The van der Waals surface area contributed by atoms with Gasteiger partial charge in [-0.3, -0.25) is 4.79 Å². The van der Waals surface area contributed by atoms with Crippen LogP contribution in [0.1, 0.15) is 48.2 Å². The zero-order valence-electron chi connectivity index (χ0n) is 10.6. The maximum atomic E-state index is 10.9. The van der Waals surface area contributed by atoms with Crippen LogP contribution in [-0.4, -0.2) is 13.3 Å². The number of hydrogen-bond donors (Lipinski definition) is 1. The molecule has 16 heavy (non-hydrogen) atoms. The Balaban J connectivity index is 0.000000606. The molecule has 2 rings (SSSR count). The molecular weight excluding hydrogens is 198 g/mol. The molecule has 1 aliphatic rings. The van der Waals surface area contributed by atoms with E-state index in [1.165, 1.54) is 0 Å². The van der Waals surface area contributed by atoms with Gasteiger partial charge in [0.1, 0.15) is 6.29 Å². The average molecular weight is 219 g/mol. The molecule has 0 atom stereocenters. The number of aryl methyl sites for hydroxylation is 1. The molecule has 0 bridgehead atoms.